The van der Waals surface area contributed by atoms with Gasteiger partial charge in [0.25, 0.3) is 0 Å². The second-order valence-corrected chi connectivity index (χ2v) is 7.59. The molecule has 0 spiro atoms. The van der Waals surface area contributed by atoms with E-state index in [1.165, 1.54) is 0 Å². The monoisotopic (exact) mass is 395 g/mol. The van der Waals surface area contributed by atoms with Crippen molar-refractivity contribution < 1.29 is 0 Å². The predicted molar refractivity (Wildman–Crippen MR) is 126 cm³/mol. The number of aromatic nitrogens is 2. The van der Waals surface area contributed by atoms with Gasteiger partial charge in [-0.2, -0.15) is 5.26 Å². The fourth-order valence-corrected chi connectivity index (χ4v) is 4.49. The molecule has 0 N–H and O–H groups in total. The topological polar surface area (TPSA) is 41.1 Å². The molecule has 6 rings (SSSR count). The highest BCUT2D eigenvalue weighted by Crippen LogP contribution is 2.44. The summed E-state index contributed by atoms with van der Waals surface area (Å²) < 4.78 is 2.17. The molecular formula is C28H17N3. The van der Waals surface area contributed by atoms with E-state index in [0.717, 1.165) is 49.7 Å². The molecular weight excluding hydrogens is 378 g/mol. The predicted octanol–water partition coefficient (Wildman–Crippen LogP) is 6.85. The third kappa shape index (κ3) is 2.63. The Morgan fingerprint density at radius 2 is 1.35 bits per heavy atom. The Labute approximate surface area is 179 Å². The van der Waals surface area contributed by atoms with Crippen molar-refractivity contribution in [2.24, 2.45) is 0 Å². The molecule has 4 aromatic carbocycles. The van der Waals surface area contributed by atoms with Crippen molar-refractivity contribution in [1.82, 2.24) is 9.38 Å². The molecule has 3 heteroatoms. The van der Waals surface area contributed by atoms with Crippen molar-refractivity contribution >= 4 is 27.5 Å². The number of benzene rings is 4. The molecule has 0 fully saturated rings. The van der Waals surface area contributed by atoms with Crippen molar-refractivity contribution in [1.29, 1.82) is 5.26 Å². The van der Waals surface area contributed by atoms with Gasteiger partial charge in [-0.25, -0.2) is 4.98 Å². The number of hydrogen-bond acceptors (Lipinski definition) is 2. The van der Waals surface area contributed by atoms with Crippen LogP contribution in [-0.2, 0) is 0 Å². The van der Waals surface area contributed by atoms with Gasteiger partial charge in [0, 0.05) is 17.1 Å². The summed E-state index contributed by atoms with van der Waals surface area (Å²) in [6, 6.07) is 35.2. The van der Waals surface area contributed by atoms with Crippen LogP contribution in [0, 0.1) is 11.3 Å². The molecule has 0 atom stereocenters. The summed E-state index contributed by atoms with van der Waals surface area (Å²) in [4.78, 5) is 5.00. The summed E-state index contributed by atoms with van der Waals surface area (Å²) in [6.45, 7) is 0. The SMILES string of the molecule is N#Cc1ccc2c(c1)c(-c1ccccc1)c(-c1ccccc1)c1c2nc2ccccn21. The zero-order valence-corrected chi connectivity index (χ0v) is 16.7. The molecule has 0 radical (unpaired) electrons. The third-order valence-corrected chi connectivity index (χ3v) is 5.81. The molecule has 144 valence electrons. The van der Waals surface area contributed by atoms with E-state index in [9.17, 15) is 5.26 Å². The number of imidazole rings is 1. The first-order chi connectivity index (χ1) is 15.3. The third-order valence-electron chi connectivity index (χ3n) is 5.81. The second kappa shape index (κ2) is 6.83. The van der Waals surface area contributed by atoms with E-state index in [-0.39, 0.29) is 0 Å². The molecule has 0 saturated carbocycles. The Hall–Kier alpha value is -4.42. The van der Waals surface area contributed by atoms with Gasteiger partial charge in [0.1, 0.15) is 5.65 Å². The van der Waals surface area contributed by atoms with Gasteiger partial charge in [0.2, 0.25) is 0 Å². The zero-order valence-electron chi connectivity index (χ0n) is 16.7. The lowest BCUT2D eigenvalue weighted by Gasteiger charge is -2.17. The van der Waals surface area contributed by atoms with E-state index >= 15 is 0 Å². The molecule has 0 saturated heterocycles. The molecule has 2 aromatic heterocycles. The zero-order chi connectivity index (χ0) is 20.8. The Balaban J connectivity index is 1.95. The minimum Gasteiger partial charge on any atom is -0.299 e. The number of pyridine rings is 1. The lowest BCUT2D eigenvalue weighted by Crippen LogP contribution is -1.94. The van der Waals surface area contributed by atoms with Crippen LogP contribution in [0.25, 0.3) is 49.7 Å². The number of rotatable bonds is 2. The van der Waals surface area contributed by atoms with Crippen LogP contribution in [0.15, 0.2) is 103 Å². The first-order valence-corrected chi connectivity index (χ1v) is 10.2. The van der Waals surface area contributed by atoms with Gasteiger partial charge in [0.05, 0.1) is 22.7 Å². The van der Waals surface area contributed by atoms with Crippen molar-refractivity contribution in [3.8, 4) is 28.3 Å². The van der Waals surface area contributed by atoms with Crippen LogP contribution in [0.5, 0.6) is 0 Å². The largest absolute Gasteiger partial charge is 0.299 e. The lowest BCUT2D eigenvalue weighted by molar-refractivity contribution is 1.23. The summed E-state index contributed by atoms with van der Waals surface area (Å²) in [5.74, 6) is 0. The molecule has 0 amide bonds. The van der Waals surface area contributed by atoms with Crippen LogP contribution >= 0.6 is 0 Å². The maximum absolute atomic E-state index is 9.60. The smallest absolute Gasteiger partial charge is 0.137 e. The van der Waals surface area contributed by atoms with E-state index < -0.39 is 0 Å². The molecule has 0 bridgehead atoms. The van der Waals surface area contributed by atoms with Crippen molar-refractivity contribution in [3.63, 3.8) is 0 Å². The van der Waals surface area contributed by atoms with Gasteiger partial charge in [-0.3, -0.25) is 4.40 Å². The number of nitriles is 1. The van der Waals surface area contributed by atoms with E-state index in [4.69, 9.17) is 4.98 Å². The van der Waals surface area contributed by atoms with Gasteiger partial charge in [-0.1, -0.05) is 72.8 Å². The Bertz CT molecular complexity index is 1620. The molecule has 2 heterocycles. The maximum Gasteiger partial charge on any atom is 0.137 e. The fourth-order valence-electron chi connectivity index (χ4n) is 4.49. The first kappa shape index (κ1) is 17.4. The minimum atomic E-state index is 0.645. The van der Waals surface area contributed by atoms with Crippen LogP contribution in [0.3, 0.4) is 0 Å². The quantitative estimate of drug-likeness (QED) is 0.322. The summed E-state index contributed by atoms with van der Waals surface area (Å²) in [5.41, 5.74) is 8.08. The average Bonchev–Trinajstić information content (AvgIpc) is 3.23. The van der Waals surface area contributed by atoms with Gasteiger partial charge in [0.15, 0.2) is 0 Å². The van der Waals surface area contributed by atoms with E-state index in [2.05, 4.69) is 65.2 Å². The van der Waals surface area contributed by atoms with Gasteiger partial charge in [-0.15, -0.1) is 0 Å². The fraction of sp³-hybridized carbons (Fsp3) is 0. The Morgan fingerprint density at radius 3 is 2.06 bits per heavy atom. The maximum atomic E-state index is 9.60. The highest BCUT2D eigenvalue weighted by molar-refractivity contribution is 6.20. The Morgan fingerprint density at radius 1 is 0.677 bits per heavy atom. The molecule has 3 nitrogen and oxygen atoms in total. The molecule has 0 aliphatic heterocycles. The van der Waals surface area contributed by atoms with E-state index in [0.29, 0.717) is 5.56 Å². The van der Waals surface area contributed by atoms with E-state index in [1.807, 2.05) is 48.5 Å². The van der Waals surface area contributed by atoms with Gasteiger partial charge < -0.3 is 0 Å². The van der Waals surface area contributed by atoms with Crippen LogP contribution in [0.2, 0.25) is 0 Å². The summed E-state index contributed by atoms with van der Waals surface area (Å²) in [7, 11) is 0. The molecule has 0 unspecified atom stereocenters. The molecule has 0 aliphatic carbocycles. The highest BCUT2D eigenvalue weighted by atomic mass is 15.0. The van der Waals surface area contributed by atoms with Crippen LogP contribution < -0.4 is 0 Å². The van der Waals surface area contributed by atoms with Crippen molar-refractivity contribution in [3.05, 3.63) is 109 Å². The number of nitrogens with zero attached hydrogens (tertiary/aromatic N) is 3. The standard InChI is InChI=1S/C28H17N3/c29-18-19-14-15-22-23(17-19)25(20-9-3-1-4-10-20)26(21-11-5-2-6-12-21)28-27(22)30-24-13-7-8-16-31(24)28/h1-17H. The van der Waals surface area contributed by atoms with Crippen LogP contribution in [0.1, 0.15) is 5.56 Å². The first-order valence-electron chi connectivity index (χ1n) is 10.2. The van der Waals surface area contributed by atoms with Crippen LogP contribution in [0.4, 0.5) is 0 Å². The molecule has 6 aromatic rings. The average molecular weight is 395 g/mol. The van der Waals surface area contributed by atoms with Crippen LogP contribution in [-0.4, -0.2) is 9.38 Å². The Kier molecular flexibility index (Phi) is 3.84. The summed E-state index contributed by atoms with van der Waals surface area (Å²) in [5, 5.41) is 11.7. The summed E-state index contributed by atoms with van der Waals surface area (Å²) in [6.07, 6.45) is 2.07. The molecule has 0 aliphatic rings. The van der Waals surface area contributed by atoms with Gasteiger partial charge >= 0.3 is 0 Å². The number of fused-ring (bicyclic) bond motifs is 5. The lowest BCUT2D eigenvalue weighted by atomic mass is 9.87. The second-order valence-electron chi connectivity index (χ2n) is 7.59. The minimum absolute atomic E-state index is 0.645. The van der Waals surface area contributed by atoms with Crippen molar-refractivity contribution in [2.75, 3.05) is 0 Å². The van der Waals surface area contributed by atoms with Crippen molar-refractivity contribution in [2.45, 2.75) is 0 Å². The number of hydrogen-bond donors (Lipinski definition) is 0. The normalized spacial score (nSPS) is 11.2. The summed E-state index contributed by atoms with van der Waals surface area (Å²) >= 11 is 0. The van der Waals surface area contributed by atoms with E-state index in [1.54, 1.807) is 0 Å². The highest BCUT2D eigenvalue weighted by Gasteiger charge is 2.21. The van der Waals surface area contributed by atoms with Gasteiger partial charge in [-0.05, 0) is 46.3 Å². The molecule has 31 heavy (non-hydrogen) atoms.